The molecule has 1 aromatic carbocycles. The zero-order valence-electron chi connectivity index (χ0n) is 21.7. The van der Waals surface area contributed by atoms with Crippen LogP contribution in [0.3, 0.4) is 0 Å². The molecule has 0 spiro atoms. The van der Waals surface area contributed by atoms with E-state index in [9.17, 15) is 9.59 Å². The molecule has 1 fully saturated rings. The van der Waals surface area contributed by atoms with Crippen LogP contribution in [0.2, 0.25) is 0 Å². The maximum atomic E-state index is 13.2. The van der Waals surface area contributed by atoms with Gasteiger partial charge in [0.15, 0.2) is 5.17 Å². The predicted molar refractivity (Wildman–Crippen MR) is 141 cm³/mol. The molecule has 1 amide bonds. The fraction of sp³-hybridized carbons (Fsp3) is 0.500. The monoisotopic (exact) mass is 530 g/mol. The molecule has 1 atom stereocenters. The number of rotatable bonds is 10. The number of benzene rings is 1. The molecule has 0 aromatic heterocycles. The highest BCUT2D eigenvalue weighted by molar-refractivity contribution is 8.16. The van der Waals surface area contributed by atoms with Crippen molar-refractivity contribution >= 4 is 28.8 Å². The van der Waals surface area contributed by atoms with Crippen molar-refractivity contribution in [3.8, 4) is 11.5 Å². The first-order chi connectivity index (χ1) is 17.9. The van der Waals surface area contributed by atoms with E-state index in [0.717, 1.165) is 44.1 Å². The second kappa shape index (κ2) is 12.5. The second-order valence-corrected chi connectivity index (χ2v) is 9.58. The molecule has 0 unspecified atom stereocenters. The van der Waals surface area contributed by atoms with E-state index in [4.69, 9.17) is 23.9 Å². The third kappa shape index (κ3) is 6.28. The minimum Gasteiger partial charge on any atom is -0.497 e. The number of carbonyl (C=O) groups is 2. The molecule has 10 nitrogen and oxygen atoms in total. The number of thioether (sulfide) groups is 1. The van der Waals surface area contributed by atoms with Crippen molar-refractivity contribution in [3.05, 3.63) is 46.1 Å². The molecule has 4 rings (SSSR count). The molecule has 0 radical (unpaired) electrons. The third-order valence-electron chi connectivity index (χ3n) is 6.38. The number of aliphatic imine (C=N–C) groups is 1. The summed E-state index contributed by atoms with van der Waals surface area (Å²) in [5.74, 6) is 0.656. The van der Waals surface area contributed by atoms with Gasteiger partial charge in [-0.3, -0.25) is 9.69 Å². The van der Waals surface area contributed by atoms with Crippen molar-refractivity contribution in [2.45, 2.75) is 26.3 Å². The van der Waals surface area contributed by atoms with Crippen molar-refractivity contribution in [1.29, 1.82) is 0 Å². The molecule has 37 heavy (non-hydrogen) atoms. The van der Waals surface area contributed by atoms with Gasteiger partial charge >= 0.3 is 5.97 Å². The number of nitrogens with one attached hydrogen (secondary N) is 1. The first-order valence-electron chi connectivity index (χ1n) is 12.4. The SMILES string of the molecule is CCOC(=O)C1=C(C)N=C2SC=C(CC(=O)NCCN3CCOCC3)N2[C@@H]1c1cc(OC)cc(OC)c1. The summed E-state index contributed by atoms with van der Waals surface area (Å²) in [6.07, 6.45) is 0.155. The van der Waals surface area contributed by atoms with E-state index >= 15 is 0 Å². The van der Waals surface area contributed by atoms with Crippen LogP contribution in [-0.4, -0.2) is 87.1 Å². The number of esters is 1. The summed E-state index contributed by atoms with van der Waals surface area (Å²) < 4.78 is 21.8. The quantitative estimate of drug-likeness (QED) is 0.458. The molecule has 3 heterocycles. The number of amidine groups is 1. The first-order valence-corrected chi connectivity index (χ1v) is 13.2. The minimum absolute atomic E-state index is 0.0905. The lowest BCUT2D eigenvalue weighted by molar-refractivity contribution is -0.139. The van der Waals surface area contributed by atoms with Crippen LogP contribution in [0.1, 0.15) is 31.9 Å². The predicted octanol–water partition coefficient (Wildman–Crippen LogP) is 2.68. The largest absolute Gasteiger partial charge is 0.497 e. The van der Waals surface area contributed by atoms with E-state index in [2.05, 4.69) is 10.2 Å². The highest BCUT2D eigenvalue weighted by Gasteiger charge is 2.41. The number of hydrogen-bond donors (Lipinski definition) is 1. The Morgan fingerprint density at radius 2 is 1.86 bits per heavy atom. The lowest BCUT2D eigenvalue weighted by Crippen LogP contribution is -2.42. The molecular formula is C26H34N4O6S. The maximum Gasteiger partial charge on any atom is 0.338 e. The summed E-state index contributed by atoms with van der Waals surface area (Å²) in [7, 11) is 3.16. The first kappa shape index (κ1) is 27.0. The van der Waals surface area contributed by atoms with E-state index in [1.54, 1.807) is 34.1 Å². The normalized spacial score (nSPS) is 19.7. The van der Waals surface area contributed by atoms with Gasteiger partial charge in [-0.1, -0.05) is 11.8 Å². The number of amides is 1. The van der Waals surface area contributed by atoms with Crippen LogP contribution < -0.4 is 14.8 Å². The van der Waals surface area contributed by atoms with Crippen LogP contribution in [-0.2, 0) is 19.1 Å². The fourth-order valence-electron chi connectivity index (χ4n) is 4.55. The van der Waals surface area contributed by atoms with Crippen LogP contribution in [0, 0.1) is 0 Å². The average molecular weight is 531 g/mol. The summed E-state index contributed by atoms with van der Waals surface area (Å²) in [5.41, 5.74) is 2.52. The van der Waals surface area contributed by atoms with Gasteiger partial charge in [-0.2, -0.15) is 0 Å². The van der Waals surface area contributed by atoms with Crippen LogP contribution in [0.15, 0.2) is 45.6 Å². The van der Waals surface area contributed by atoms with E-state index in [1.165, 1.54) is 11.8 Å². The molecule has 3 aliphatic rings. The van der Waals surface area contributed by atoms with Gasteiger partial charge in [0, 0.05) is 37.9 Å². The number of morpholine rings is 1. The Morgan fingerprint density at radius 1 is 1.16 bits per heavy atom. The van der Waals surface area contributed by atoms with Crippen molar-refractivity contribution in [2.24, 2.45) is 4.99 Å². The highest BCUT2D eigenvalue weighted by atomic mass is 32.2. The van der Waals surface area contributed by atoms with Crippen LogP contribution >= 0.6 is 11.8 Å². The summed E-state index contributed by atoms with van der Waals surface area (Å²) in [6, 6.07) is 4.95. The van der Waals surface area contributed by atoms with Gasteiger partial charge in [0.1, 0.15) is 11.5 Å². The summed E-state index contributed by atoms with van der Waals surface area (Å²) >= 11 is 1.44. The average Bonchev–Trinajstić information content (AvgIpc) is 3.29. The Bertz CT molecular complexity index is 1090. The van der Waals surface area contributed by atoms with Crippen molar-refractivity contribution in [3.63, 3.8) is 0 Å². The molecular weight excluding hydrogens is 496 g/mol. The number of nitrogens with zero attached hydrogens (tertiary/aromatic N) is 3. The second-order valence-electron chi connectivity index (χ2n) is 8.74. The lowest BCUT2D eigenvalue weighted by Gasteiger charge is -2.36. The van der Waals surface area contributed by atoms with Gasteiger partial charge in [-0.15, -0.1) is 0 Å². The molecule has 11 heteroatoms. The Kier molecular flexibility index (Phi) is 9.12. The van der Waals surface area contributed by atoms with Crippen molar-refractivity contribution in [2.75, 3.05) is 60.2 Å². The van der Waals surface area contributed by atoms with Crippen LogP contribution in [0.4, 0.5) is 0 Å². The molecule has 0 bridgehead atoms. The molecule has 0 saturated carbocycles. The van der Waals surface area contributed by atoms with Crippen molar-refractivity contribution < 1.29 is 28.5 Å². The Labute approximate surface area is 221 Å². The zero-order chi connectivity index (χ0) is 26.4. The maximum absolute atomic E-state index is 13.2. The molecule has 1 aromatic rings. The number of ether oxygens (including phenoxy) is 4. The topological polar surface area (TPSA) is 102 Å². The van der Waals surface area contributed by atoms with Gasteiger partial charge < -0.3 is 29.2 Å². The standard InChI is InChI=1S/C26H34N4O6S/c1-5-36-25(32)23-17(2)28-26-30(24(23)18-12-20(33-3)15-21(13-18)34-4)19(16-37-26)14-22(31)27-6-7-29-8-10-35-11-9-29/h12-13,15-16,24H,5-11,14H2,1-4H3,(H,27,31)/t24-/m1/s1. The van der Waals surface area contributed by atoms with E-state index in [0.29, 0.717) is 34.5 Å². The van der Waals surface area contributed by atoms with Crippen molar-refractivity contribution in [1.82, 2.24) is 15.1 Å². The van der Waals surface area contributed by atoms with Crippen LogP contribution in [0.5, 0.6) is 11.5 Å². The number of allylic oxidation sites excluding steroid dienone is 1. The summed E-state index contributed by atoms with van der Waals surface area (Å²) in [5, 5.41) is 5.65. The summed E-state index contributed by atoms with van der Waals surface area (Å²) in [6.45, 7) is 8.35. The number of hydrogen-bond acceptors (Lipinski definition) is 10. The Morgan fingerprint density at radius 3 is 2.51 bits per heavy atom. The Balaban J connectivity index is 1.58. The number of fused-ring (bicyclic) bond motifs is 1. The zero-order valence-corrected chi connectivity index (χ0v) is 22.6. The molecule has 1 saturated heterocycles. The third-order valence-corrected chi connectivity index (χ3v) is 7.27. The van der Waals surface area contributed by atoms with E-state index in [1.807, 2.05) is 22.4 Å². The molecule has 200 valence electrons. The highest BCUT2D eigenvalue weighted by Crippen LogP contribution is 2.46. The lowest BCUT2D eigenvalue weighted by atomic mass is 9.93. The van der Waals surface area contributed by atoms with Gasteiger partial charge in [0.2, 0.25) is 5.91 Å². The molecule has 1 N–H and O–H groups in total. The van der Waals surface area contributed by atoms with E-state index < -0.39 is 12.0 Å². The Hall–Kier alpha value is -3.02. The van der Waals surface area contributed by atoms with Gasteiger partial charge in [-0.05, 0) is 37.0 Å². The number of methoxy groups -OCH3 is 2. The van der Waals surface area contributed by atoms with E-state index in [-0.39, 0.29) is 18.9 Å². The van der Waals surface area contributed by atoms with Gasteiger partial charge in [0.05, 0.1) is 57.8 Å². The number of carbonyl (C=O) groups excluding carboxylic acids is 2. The molecule has 0 aliphatic carbocycles. The van der Waals surface area contributed by atoms with Gasteiger partial charge in [0.25, 0.3) is 0 Å². The fourth-order valence-corrected chi connectivity index (χ4v) is 5.51. The van der Waals surface area contributed by atoms with Crippen LogP contribution in [0.25, 0.3) is 0 Å². The smallest absolute Gasteiger partial charge is 0.338 e. The minimum atomic E-state index is -0.557. The van der Waals surface area contributed by atoms with Gasteiger partial charge in [-0.25, -0.2) is 9.79 Å². The summed E-state index contributed by atoms with van der Waals surface area (Å²) in [4.78, 5) is 35.0. The molecule has 3 aliphatic heterocycles.